The largest absolute Gasteiger partial charge is 0.450 e. The lowest BCUT2D eigenvalue weighted by molar-refractivity contribution is 0.110. The summed E-state index contributed by atoms with van der Waals surface area (Å²) in [6, 6.07) is 0.164. The molecule has 2 unspecified atom stereocenters. The van der Waals surface area contributed by atoms with Crippen LogP contribution in [0.3, 0.4) is 0 Å². The second-order valence-electron chi connectivity index (χ2n) is 5.05. The average Bonchev–Trinajstić information content (AvgIpc) is 2.85. The highest BCUT2D eigenvalue weighted by Crippen LogP contribution is 2.23. The molecule has 7 heteroatoms. The lowest BCUT2D eigenvalue weighted by Crippen LogP contribution is -2.48. The molecule has 2 rings (SSSR count). The van der Waals surface area contributed by atoms with Crippen LogP contribution in [0.25, 0.3) is 0 Å². The molecule has 1 aromatic heterocycles. The van der Waals surface area contributed by atoms with Crippen LogP contribution in [-0.2, 0) is 4.74 Å². The first kappa shape index (κ1) is 14.8. The SMILES string of the molecule is CCOC(=O)NC1CCCN(C(C)c2nc(C)no2)C1. The van der Waals surface area contributed by atoms with Crippen molar-refractivity contribution in [1.82, 2.24) is 20.4 Å². The van der Waals surface area contributed by atoms with Crippen molar-refractivity contribution < 1.29 is 14.1 Å². The third kappa shape index (κ3) is 3.69. The number of hydrogen-bond donors (Lipinski definition) is 1. The molecule has 0 spiro atoms. The minimum atomic E-state index is -0.347. The van der Waals surface area contributed by atoms with Crippen LogP contribution >= 0.6 is 0 Å². The van der Waals surface area contributed by atoms with Crippen LogP contribution in [0.1, 0.15) is 44.4 Å². The molecule has 112 valence electrons. The monoisotopic (exact) mass is 282 g/mol. The van der Waals surface area contributed by atoms with E-state index in [-0.39, 0.29) is 18.2 Å². The first-order valence-corrected chi connectivity index (χ1v) is 7.07. The molecule has 0 aliphatic carbocycles. The zero-order valence-electron chi connectivity index (χ0n) is 12.3. The van der Waals surface area contributed by atoms with E-state index in [1.807, 2.05) is 6.92 Å². The van der Waals surface area contributed by atoms with Crippen LogP contribution < -0.4 is 5.32 Å². The zero-order valence-corrected chi connectivity index (χ0v) is 12.3. The van der Waals surface area contributed by atoms with Gasteiger partial charge in [0.15, 0.2) is 5.82 Å². The minimum Gasteiger partial charge on any atom is -0.450 e. The Kier molecular flexibility index (Phi) is 4.94. The molecule has 1 fully saturated rings. The molecule has 1 amide bonds. The van der Waals surface area contributed by atoms with Crippen LogP contribution in [0.4, 0.5) is 4.79 Å². The van der Waals surface area contributed by atoms with E-state index in [1.165, 1.54) is 0 Å². The number of aryl methyl sites for hydroxylation is 1. The van der Waals surface area contributed by atoms with Gasteiger partial charge in [-0.05, 0) is 40.2 Å². The highest BCUT2D eigenvalue weighted by atomic mass is 16.5. The summed E-state index contributed by atoms with van der Waals surface area (Å²) in [5.74, 6) is 1.27. The van der Waals surface area contributed by atoms with Crippen molar-refractivity contribution in [2.45, 2.75) is 45.7 Å². The predicted molar refractivity (Wildman–Crippen MR) is 72.2 cm³/mol. The molecule has 0 aromatic carbocycles. The Hall–Kier alpha value is -1.63. The van der Waals surface area contributed by atoms with Gasteiger partial charge in [0.2, 0.25) is 5.89 Å². The Bertz CT molecular complexity index is 449. The summed E-state index contributed by atoms with van der Waals surface area (Å²) in [5, 5.41) is 6.71. The molecule has 0 radical (unpaired) electrons. The molecule has 2 atom stereocenters. The van der Waals surface area contributed by atoms with Crippen LogP contribution in [0.2, 0.25) is 0 Å². The highest BCUT2D eigenvalue weighted by molar-refractivity contribution is 5.67. The molecule has 1 aliphatic rings. The molecule has 0 saturated carbocycles. The summed E-state index contributed by atoms with van der Waals surface area (Å²) in [6.45, 7) is 7.76. The fourth-order valence-corrected chi connectivity index (χ4v) is 2.45. The molecule has 0 bridgehead atoms. The van der Waals surface area contributed by atoms with Gasteiger partial charge >= 0.3 is 6.09 Å². The van der Waals surface area contributed by atoms with Gasteiger partial charge in [0, 0.05) is 12.6 Å². The fourth-order valence-electron chi connectivity index (χ4n) is 2.45. The normalized spacial score (nSPS) is 21.4. The molecular weight excluding hydrogens is 260 g/mol. The first-order valence-electron chi connectivity index (χ1n) is 7.07. The zero-order chi connectivity index (χ0) is 14.5. The molecule has 7 nitrogen and oxygen atoms in total. The molecule has 20 heavy (non-hydrogen) atoms. The Morgan fingerprint density at radius 3 is 3.10 bits per heavy atom. The molecule has 1 N–H and O–H groups in total. The lowest BCUT2D eigenvalue weighted by atomic mass is 10.0. The number of ether oxygens (including phenoxy) is 1. The van der Waals surface area contributed by atoms with Crippen LogP contribution in [-0.4, -0.2) is 46.9 Å². The quantitative estimate of drug-likeness (QED) is 0.904. The number of amides is 1. The summed E-state index contributed by atoms with van der Waals surface area (Å²) in [7, 11) is 0. The van der Waals surface area contributed by atoms with Crippen molar-refractivity contribution in [3.63, 3.8) is 0 Å². The van der Waals surface area contributed by atoms with E-state index in [0.29, 0.717) is 18.3 Å². The van der Waals surface area contributed by atoms with Crippen molar-refractivity contribution >= 4 is 6.09 Å². The number of aromatic nitrogens is 2. The third-order valence-corrected chi connectivity index (χ3v) is 3.50. The summed E-state index contributed by atoms with van der Waals surface area (Å²) in [5.41, 5.74) is 0. The van der Waals surface area contributed by atoms with E-state index in [9.17, 15) is 4.79 Å². The second-order valence-corrected chi connectivity index (χ2v) is 5.05. The van der Waals surface area contributed by atoms with Crippen LogP contribution in [0, 0.1) is 6.92 Å². The average molecular weight is 282 g/mol. The van der Waals surface area contributed by atoms with Gasteiger partial charge in [-0.2, -0.15) is 4.98 Å². The maximum Gasteiger partial charge on any atom is 0.407 e. The second kappa shape index (κ2) is 6.69. The van der Waals surface area contributed by atoms with Gasteiger partial charge in [0.25, 0.3) is 0 Å². The van der Waals surface area contributed by atoms with E-state index >= 15 is 0 Å². The number of hydrogen-bond acceptors (Lipinski definition) is 6. The Morgan fingerprint density at radius 1 is 1.65 bits per heavy atom. The molecular formula is C13H22N4O3. The summed E-state index contributed by atoms with van der Waals surface area (Å²) in [6.07, 6.45) is 1.64. The van der Waals surface area contributed by atoms with Crippen molar-refractivity contribution in [2.24, 2.45) is 0 Å². The van der Waals surface area contributed by atoms with Crippen molar-refractivity contribution in [2.75, 3.05) is 19.7 Å². The van der Waals surface area contributed by atoms with E-state index < -0.39 is 0 Å². The number of alkyl carbamates (subject to hydrolysis) is 1. The van der Waals surface area contributed by atoms with E-state index in [1.54, 1.807) is 13.8 Å². The van der Waals surface area contributed by atoms with Gasteiger partial charge in [0.05, 0.1) is 12.6 Å². The molecule has 1 aliphatic heterocycles. The standard InChI is InChI=1S/C13H22N4O3/c1-4-19-13(18)15-11-6-5-7-17(8-11)9(2)12-14-10(3)16-20-12/h9,11H,4-8H2,1-3H3,(H,15,18). The van der Waals surface area contributed by atoms with Crippen LogP contribution in [0.5, 0.6) is 0 Å². The summed E-state index contributed by atoms with van der Waals surface area (Å²) >= 11 is 0. The number of piperidine rings is 1. The summed E-state index contributed by atoms with van der Waals surface area (Å²) in [4.78, 5) is 18.0. The minimum absolute atomic E-state index is 0.0583. The Labute approximate surface area is 118 Å². The van der Waals surface area contributed by atoms with Gasteiger partial charge in [-0.15, -0.1) is 0 Å². The lowest BCUT2D eigenvalue weighted by Gasteiger charge is -2.35. The Morgan fingerprint density at radius 2 is 2.45 bits per heavy atom. The van der Waals surface area contributed by atoms with Gasteiger partial charge in [-0.1, -0.05) is 5.16 Å². The van der Waals surface area contributed by atoms with Gasteiger partial charge in [-0.25, -0.2) is 4.79 Å². The van der Waals surface area contributed by atoms with E-state index in [2.05, 4.69) is 20.4 Å². The van der Waals surface area contributed by atoms with Crippen molar-refractivity contribution in [3.8, 4) is 0 Å². The first-order chi connectivity index (χ1) is 9.60. The summed E-state index contributed by atoms with van der Waals surface area (Å²) < 4.78 is 10.1. The Balaban J connectivity index is 1.91. The topological polar surface area (TPSA) is 80.5 Å². The van der Waals surface area contributed by atoms with Gasteiger partial charge in [-0.3, -0.25) is 4.90 Å². The predicted octanol–water partition coefficient (Wildman–Crippen LogP) is 1.65. The number of carbonyl (C=O) groups is 1. The van der Waals surface area contributed by atoms with Crippen molar-refractivity contribution in [3.05, 3.63) is 11.7 Å². The number of carbonyl (C=O) groups excluding carboxylic acids is 1. The number of rotatable bonds is 4. The molecule has 1 aromatic rings. The smallest absolute Gasteiger partial charge is 0.407 e. The molecule has 2 heterocycles. The van der Waals surface area contributed by atoms with Gasteiger partial charge in [0.1, 0.15) is 0 Å². The number of nitrogens with zero attached hydrogens (tertiary/aromatic N) is 3. The van der Waals surface area contributed by atoms with Crippen LogP contribution in [0.15, 0.2) is 4.52 Å². The van der Waals surface area contributed by atoms with Crippen molar-refractivity contribution in [1.29, 1.82) is 0 Å². The maximum atomic E-state index is 11.5. The third-order valence-electron chi connectivity index (χ3n) is 3.50. The fraction of sp³-hybridized carbons (Fsp3) is 0.769. The van der Waals surface area contributed by atoms with E-state index in [0.717, 1.165) is 25.9 Å². The maximum absolute atomic E-state index is 11.5. The number of likely N-dealkylation sites (tertiary alicyclic amines) is 1. The highest BCUT2D eigenvalue weighted by Gasteiger charge is 2.28. The molecule has 1 saturated heterocycles. The van der Waals surface area contributed by atoms with Gasteiger partial charge < -0.3 is 14.6 Å². The van der Waals surface area contributed by atoms with E-state index in [4.69, 9.17) is 9.26 Å². The number of nitrogens with one attached hydrogen (secondary N) is 1.